The minimum atomic E-state index is -0.486. The summed E-state index contributed by atoms with van der Waals surface area (Å²) < 4.78 is 5.02. The Hall–Kier alpha value is -1.90. The molecular formula is C14H15ClN4O3S. The van der Waals surface area contributed by atoms with Gasteiger partial charge in [0.15, 0.2) is 5.03 Å². The monoisotopic (exact) mass is 354 g/mol. The van der Waals surface area contributed by atoms with Crippen LogP contribution in [-0.2, 0) is 4.74 Å². The number of anilines is 1. The predicted octanol–water partition coefficient (Wildman–Crippen LogP) is 3.64. The van der Waals surface area contributed by atoms with E-state index in [0.29, 0.717) is 11.6 Å². The van der Waals surface area contributed by atoms with Crippen molar-refractivity contribution in [2.75, 3.05) is 19.0 Å². The molecule has 0 aliphatic rings. The van der Waals surface area contributed by atoms with Crippen LogP contribution < -0.4 is 5.32 Å². The third-order valence-corrected chi connectivity index (χ3v) is 4.05. The molecule has 0 amide bonds. The van der Waals surface area contributed by atoms with Crippen LogP contribution in [0.5, 0.6) is 0 Å². The molecule has 0 radical (unpaired) electrons. The molecule has 9 heteroatoms. The lowest BCUT2D eigenvalue weighted by Crippen LogP contribution is -2.22. The van der Waals surface area contributed by atoms with Crippen LogP contribution in [0.1, 0.15) is 6.92 Å². The summed E-state index contributed by atoms with van der Waals surface area (Å²) >= 11 is 7.03. The molecule has 1 aromatic heterocycles. The lowest BCUT2D eigenvalue weighted by atomic mass is 10.3. The van der Waals surface area contributed by atoms with E-state index in [9.17, 15) is 10.1 Å². The van der Waals surface area contributed by atoms with Gasteiger partial charge in [-0.3, -0.25) is 10.1 Å². The quantitative estimate of drug-likeness (QED) is 0.461. The molecule has 1 N–H and O–H groups in total. The Kier molecular flexibility index (Phi) is 6.14. The SMILES string of the molecule is COCC(C)Nc1ncnc(Sc2ccc(Cl)cc2)c1[N+](=O)[O-]. The largest absolute Gasteiger partial charge is 0.383 e. The average molecular weight is 355 g/mol. The van der Waals surface area contributed by atoms with Gasteiger partial charge in [0.2, 0.25) is 5.82 Å². The van der Waals surface area contributed by atoms with E-state index < -0.39 is 4.92 Å². The van der Waals surface area contributed by atoms with Gasteiger partial charge < -0.3 is 10.1 Å². The number of methoxy groups -OCH3 is 1. The Labute approximate surface area is 142 Å². The number of benzene rings is 1. The molecule has 0 spiro atoms. The van der Waals surface area contributed by atoms with Crippen LogP contribution >= 0.6 is 23.4 Å². The number of hydrogen-bond donors (Lipinski definition) is 1. The fourth-order valence-corrected chi connectivity index (χ4v) is 2.84. The molecule has 0 bridgehead atoms. The van der Waals surface area contributed by atoms with E-state index in [2.05, 4.69) is 15.3 Å². The predicted molar refractivity (Wildman–Crippen MR) is 89.2 cm³/mol. The lowest BCUT2D eigenvalue weighted by molar-refractivity contribution is -0.387. The van der Waals surface area contributed by atoms with Crippen LogP contribution in [0.2, 0.25) is 5.02 Å². The van der Waals surface area contributed by atoms with Crippen molar-refractivity contribution in [1.82, 2.24) is 9.97 Å². The summed E-state index contributed by atoms with van der Waals surface area (Å²) in [6.07, 6.45) is 1.30. The van der Waals surface area contributed by atoms with Crippen molar-refractivity contribution in [3.05, 3.63) is 45.7 Å². The van der Waals surface area contributed by atoms with Gasteiger partial charge in [0.1, 0.15) is 6.33 Å². The molecule has 7 nitrogen and oxygen atoms in total. The van der Waals surface area contributed by atoms with Crippen molar-refractivity contribution in [1.29, 1.82) is 0 Å². The second-order valence-corrected chi connectivity index (χ2v) is 6.19. The Bertz CT molecular complexity index is 684. The molecule has 1 atom stereocenters. The number of nitrogens with zero attached hydrogens (tertiary/aromatic N) is 3. The summed E-state index contributed by atoms with van der Waals surface area (Å²) in [6.45, 7) is 2.25. The summed E-state index contributed by atoms with van der Waals surface area (Å²) in [5.74, 6) is 0.172. The number of nitrogens with one attached hydrogen (secondary N) is 1. The van der Waals surface area contributed by atoms with Gasteiger partial charge in [0.25, 0.3) is 0 Å². The molecule has 1 unspecified atom stereocenters. The van der Waals surface area contributed by atoms with E-state index in [1.165, 1.54) is 18.1 Å². The highest BCUT2D eigenvalue weighted by molar-refractivity contribution is 7.99. The summed E-state index contributed by atoms with van der Waals surface area (Å²) in [4.78, 5) is 19.8. The van der Waals surface area contributed by atoms with Gasteiger partial charge in [-0.25, -0.2) is 9.97 Å². The molecule has 0 aliphatic carbocycles. The van der Waals surface area contributed by atoms with E-state index in [-0.39, 0.29) is 22.6 Å². The number of aromatic nitrogens is 2. The first kappa shape index (κ1) is 17.5. The molecule has 23 heavy (non-hydrogen) atoms. The van der Waals surface area contributed by atoms with Crippen molar-refractivity contribution in [2.45, 2.75) is 22.9 Å². The number of hydrogen-bond acceptors (Lipinski definition) is 7. The standard InChI is InChI=1S/C14H15ClN4O3S/c1-9(7-22-2)18-13-12(19(20)21)14(17-8-16-13)23-11-5-3-10(15)4-6-11/h3-6,8-9H,7H2,1-2H3,(H,16,17,18). The summed E-state index contributed by atoms with van der Waals surface area (Å²) in [7, 11) is 1.56. The zero-order chi connectivity index (χ0) is 16.8. The van der Waals surface area contributed by atoms with E-state index in [0.717, 1.165) is 4.90 Å². The summed E-state index contributed by atoms with van der Waals surface area (Å²) in [5, 5.41) is 15.3. The molecule has 0 saturated carbocycles. The number of ether oxygens (including phenoxy) is 1. The molecule has 0 aliphatic heterocycles. The van der Waals surface area contributed by atoms with Gasteiger partial charge in [-0.05, 0) is 31.2 Å². The highest BCUT2D eigenvalue weighted by Crippen LogP contribution is 2.36. The van der Waals surface area contributed by atoms with Crippen molar-refractivity contribution < 1.29 is 9.66 Å². The Balaban J connectivity index is 2.31. The van der Waals surface area contributed by atoms with E-state index in [4.69, 9.17) is 16.3 Å². The lowest BCUT2D eigenvalue weighted by Gasteiger charge is -2.14. The maximum Gasteiger partial charge on any atom is 0.343 e. The Morgan fingerprint density at radius 1 is 1.39 bits per heavy atom. The average Bonchev–Trinajstić information content (AvgIpc) is 2.49. The van der Waals surface area contributed by atoms with E-state index in [1.54, 1.807) is 31.4 Å². The first-order chi connectivity index (χ1) is 11.0. The van der Waals surface area contributed by atoms with Gasteiger partial charge in [0, 0.05) is 23.1 Å². The van der Waals surface area contributed by atoms with Gasteiger partial charge in [-0.15, -0.1) is 0 Å². The fourth-order valence-electron chi connectivity index (χ4n) is 1.85. The van der Waals surface area contributed by atoms with Crippen molar-refractivity contribution in [3.8, 4) is 0 Å². The highest BCUT2D eigenvalue weighted by atomic mass is 35.5. The van der Waals surface area contributed by atoms with Gasteiger partial charge in [-0.2, -0.15) is 0 Å². The zero-order valence-corrected chi connectivity index (χ0v) is 14.1. The minimum absolute atomic E-state index is 0.123. The molecule has 0 fully saturated rings. The molecule has 0 saturated heterocycles. The summed E-state index contributed by atoms with van der Waals surface area (Å²) in [5.41, 5.74) is -0.157. The Morgan fingerprint density at radius 3 is 2.70 bits per heavy atom. The highest BCUT2D eigenvalue weighted by Gasteiger charge is 2.24. The first-order valence-electron chi connectivity index (χ1n) is 6.69. The second kappa shape index (κ2) is 8.09. The van der Waals surface area contributed by atoms with Crippen molar-refractivity contribution >= 4 is 34.9 Å². The summed E-state index contributed by atoms with van der Waals surface area (Å²) in [6, 6.07) is 6.87. The van der Waals surface area contributed by atoms with Gasteiger partial charge in [0.05, 0.1) is 11.5 Å². The minimum Gasteiger partial charge on any atom is -0.383 e. The van der Waals surface area contributed by atoms with E-state index >= 15 is 0 Å². The number of halogens is 1. The Morgan fingerprint density at radius 2 is 2.09 bits per heavy atom. The second-order valence-electron chi connectivity index (χ2n) is 4.69. The molecular weight excluding hydrogens is 340 g/mol. The van der Waals surface area contributed by atoms with Crippen LogP contribution in [0.15, 0.2) is 40.5 Å². The number of nitro groups is 1. The normalized spacial score (nSPS) is 12.0. The smallest absolute Gasteiger partial charge is 0.343 e. The van der Waals surface area contributed by atoms with E-state index in [1.807, 2.05) is 6.92 Å². The maximum absolute atomic E-state index is 11.4. The maximum atomic E-state index is 11.4. The third-order valence-electron chi connectivity index (χ3n) is 2.80. The molecule has 2 rings (SSSR count). The third kappa shape index (κ3) is 4.78. The number of rotatable bonds is 7. The molecule has 122 valence electrons. The van der Waals surface area contributed by atoms with Gasteiger partial charge in [-0.1, -0.05) is 23.4 Å². The van der Waals surface area contributed by atoms with Crippen molar-refractivity contribution in [3.63, 3.8) is 0 Å². The van der Waals surface area contributed by atoms with Crippen LogP contribution in [0.4, 0.5) is 11.5 Å². The molecule has 1 heterocycles. The topological polar surface area (TPSA) is 90.2 Å². The fraction of sp³-hybridized carbons (Fsp3) is 0.286. The zero-order valence-electron chi connectivity index (χ0n) is 12.5. The first-order valence-corrected chi connectivity index (χ1v) is 7.89. The van der Waals surface area contributed by atoms with Crippen LogP contribution in [0, 0.1) is 10.1 Å². The molecule has 1 aromatic carbocycles. The molecule has 2 aromatic rings. The van der Waals surface area contributed by atoms with Crippen molar-refractivity contribution in [2.24, 2.45) is 0 Å². The van der Waals surface area contributed by atoms with Crippen LogP contribution in [0.3, 0.4) is 0 Å². The van der Waals surface area contributed by atoms with Gasteiger partial charge >= 0.3 is 5.69 Å². The van der Waals surface area contributed by atoms with Crippen LogP contribution in [0.25, 0.3) is 0 Å². The van der Waals surface area contributed by atoms with Crippen LogP contribution in [-0.4, -0.2) is 34.6 Å².